The maximum absolute atomic E-state index is 12.8. The molecule has 1 aliphatic heterocycles. The normalized spacial score (nSPS) is 11.7. The van der Waals surface area contributed by atoms with Crippen molar-refractivity contribution in [3.05, 3.63) is 94.1 Å². The van der Waals surface area contributed by atoms with Crippen molar-refractivity contribution in [2.24, 2.45) is 0 Å². The van der Waals surface area contributed by atoms with Crippen LogP contribution in [-0.2, 0) is 18.7 Å². The molecule has 3 aromatic carbocycles. The third-order valence-corrected chi connectivity index (χ3v) is 7.80. The molecule has 11 heteroatoms. The molecule has 1 N–H and O–H groups in total. The highest BCUT2D eigenvalue weighted by Crippen LogP contribution is 2.32. The molecule has 1 aliphatic rings. The molecule has 0 radical (unpaired) electrons. The predicted molar refractivity (Wildman–Crippen MR) is 163 cm³/mol. The van der Waals surface area contributed by atoms with Crippen molar-refractivity contribution < 1.29 is 23.7 Å². The van der Waals surface area contributed by atoms with Crippen molar-refractivity contribution in [1.29, 1.82) is 0 Å². The summed E-state index contributed by atoms with van der Waals surface area (Å²) in [6.07, 6.45) is 0.782. The number of nitrogens with zero attached hydrogens (tertiary/aromatic N) is 3. The first-order valence-corrected chi connectivity index (χ1v) is 14.6. The van der Waals surface area contributed by atoms with Crippen LogP contribution in [0.15, 0.2) is 71.9 Å². The van der Waals surface area contributed by atoms with E-state index in [9.17, 15) is 4.79 Å². The number of fused-ring (bicyclic) bond motifs is 1. The summed E-state index contributed by atoms with van der Waals surface area (Å²) in [4.78, 5) is 24.0. The minimum absolute atomic E-state index is 0.156. The molecule has 0 spiro atoms. The Morgan fingerprint density at radius 1 is 0.952 bits per heavy atom. The van der Waals surface area contributed by atoms with Crippen LogP contribution in [0.1, 0.15) is 27.0 Å². The van der Waals surface area contributed by atoms with E-state index in [1.54, 1.807) is 26.4 Å². The Hall–Kier alpha value is -4.15. The zero-order chi connectivity index (χ0) is 29.5. The van der Waals surface area contributed by atoms with Gasteiger partial charge in [-0.25, -0.2) is 9.97 Å². The van der Waals surface area contributed by atoms with Gasteiger partial charge in [0.05, 0.1) is 14.2 Å². The Morgan fingerprint density at radius 2 is 1.76 bits per heavy atom. The lowest BCUT2D eigenvalue weighted by Gasteiger charge is -2.19. The summed E-state index contributed by atoms with van der Waals surface area (Å²) in [5, 5.41) is 3.90. The van der Waals surface area contributed by atoms with Crippen LogP contribution in [0, 0.1) is 0 Å². The van der Waals surface area contributed by atoms with Crippen molar-refractivity contribution in [3.8, 4) is 23.0 Å². The first-order chi connectivity index (χ1) is 20.4. The number of hydrogen-bond donors (Lipinski definition) is 1. The summed E-state index contributed by atoms with van der Waals surface area (Å²) in [7, 11) is 5.22. The lowest BCUT2D eigenvalue weighted by atomic mass is 10.1. The number of benzene rings is 3. The minimum Gasteiger partial charge on any atom is -0.493 e. The average Bonchev–Trinajstić information content (AvgIpc) is 3.49. The summed E-state index contributed by atoms with van der Waals surface area (Å²) in [5.74, 6) is 3.97. The van der Waals surface area contributed by atoms with Crippen LogP contribution >= 0.6 is 23.4 Å². The molecule has 0 unspecified atom stereocenters. The molecule has 1 aromatic heterocycles. The van der Waals surface area contributed by atoms with Crippen LogP contribution in [0.3, 0.4) is 0 Å². The number of carbonyl (C=O) groups is 1. The number of amides is 1. The minimum atomic E-state index is -0.156. The van der Waals surface area contributed by atoms with Gasteiger partial charge >= 0.3 is 0 Å². The van der Waals surface area contributed by atoms with Crippen LogP contribution < -0.4 is 29.2 Å². The number of halogens is 1. The lowest BCUT2D eigenvalue weighted by Crippen LogP contribution is -2.22. The molecular weight excluding hydrogens is 576 g/mol. The number of hydrogen-bond acceptors (Lipinski definition) is 9. The van der Waals surface area contributed by atoms with Crippen molar-refractivity contribution in [1.82, 2.24) is 15.3 Å². The van der Waals surface area contributed by atoms with E-state index in [1.807, 2.05) is 66.5 Å². The zero-order valence-electron chi connectivity index (χ0n) is 23.6. The van der Waals surface area contributed by atoms with Gasteiger partial charge in [-0.15, -0.1) is 0 Å². The number of rotatable bonds is 12. The molecule has 218 valence electrons. The van der Waals surface area contributed by atoms with Gasteiger partial charge in [0.25, 0.3) is 5.91 Å². The molecular formula is C31H31ClN4O5S. The van der Waals surface area contributed by atoms with E-state index in [1.165, 1.54) is 11.8 Å². The van der Waals surface area contributed by atoms with Gasteiger partial charge in [0.2, 0.25) is 6.79 Å². The highest BCUT2D eigenvalue weighted by molar-refractivity contribution is 7.98. The summed E-state index contributed by atoms with van der Waals surface area (Å²) in [6, 6.07) is 20.8. The van der Waals surface area contributed by atoms with Gasteiger partial charge in [-0.1, -0.05) is 47.6 Å². The maximum Gasteiger partial charge on any atom is 0.251 e. The summed E-state index contributed by atoms with van der Waals surface area (Å²) in [5.41, 5.74) is 3.61. The number of likely N-dealkylation sites (N-methyl/N-ethyl adjacent to an activating group) is 1. The standard InChI is InChI=1S/C31H31ClN4O5S/c1-36(12-11-20-7-9-24(38-2)26(14-20)39-3)29-16-28(32)34-31(35-29)42-18-22-5-4-6-23(13-22)30(37)33-17-21-8-10-25-27(15-21)41-19-40-25/h4-10,13-16H,11-12,17-19H2,1-3H3,(H,33,37). The Morgan fingerprint density at radius 3 is 2.60 bits per heavy atom. The van der Waals surface area contributed by atoms with Gasteiger partial charge in [0.1, 0.15) is 11.0 Å². The Balaban J connectivity index is 1.16. The second-order valence-electron chi connectivity index (χ2n) is 9.55. The van der Waals surface area contributed by atoms with Crippen molar-refractivity contribution in [2.75, 3.05) is 39.5 Å². The number of ether oxygens (including phenoxy) is 4. The second-order valence-corrected chi connectivity index (χ2v) is 10.9. The second kappa shape index (κ2) is 13.7. The number of nitrogens with one attached hydrogen (secondary N) is 1. The highest BCUT2D eigenvalue weighted by Gasteiger charge is 2.15. The van der Waals surface area contributed by atoms with E-state index >= 15 is 0 Å². The lowest BCUT2D eigenvalue weighted by molar-refractivity contribution is 0.0950. The van der Waals surface area contributed by atoms with Crippen LogP contribution in [0.25, 0.3) is 0 Å². The summed E-state index contributed by atoms with van der Waals surface area (Å²) >= 11 is 7.82. The molecule has 4 aromatic rings. The monoisotopic (exact) mass is 606 g/mol. The predicted octanol–water partition coefficient (Wildman–Crippen LogP) is 5.78. The Labute approximate surface area is 254 Å². The Bertz CT molecular complexity index is 1570. The van der Waals surface area contributed by atoms with Gasteiger partial charge in [-0.05, 0) is 59.5 Å². The molecule has 0 bridgehead atoms. The number of anilines is 1. The first-order valence-electron chi connectivity index (χ1n) is 13.3. The van der Waals surface area contributed by atoms with Gasteiger partial charge in [0, 0.05) is 37.5 Å². The van der Waals surface area contributed by atoms with Crippen LogP contribution in [-0.4, -0.2) is 50.5 Å². The van der Waals surface area contributed by atoms with E-state index in [-0.39, 0.29) is 12.7 Å². The molecule has 42 heavy (non-hydrogen) atoms. The van der Waals surface area contributed by atoms with E-state index in [2.05, 4.69) is 10.3 Å². The molecule has 0 atom stereocenters. The van der Waals surface area contributed by atoms with E-state index < -0.39 is 0 Å². The topological polar surface area (TPSA) is 95.0 Å². The molecule has 0 fully saturated rings. The fourth-order valence-corrected chi connectivity index (χ4v) is 5.40. The number of thioether (sulfide) groups is 1. The van der Waals surface area contributed by atoms with Crippen molar-refractivity contribution >= 4 is 35.1 Å². The van der Waals surface area contributed by atoms with Crippen LogP contribution in [0.2, 0.25) is 5.15 Å². The number of carbonyl (C=O) groups excluding carboxylic acids is 1. The van der Waals surface area contributed by atoms with Gasteiger partial charge in [0.15, 0.2) is 28.2 Å². The molecule has 1 amide bonds. The molecule has 2 heterocycles. The third-order valence-electron chi connectivity index (χ3n) is 6.68. The van der Waals surface area contributed by atoms with E-state index in [4.69, 9.17) is 35.5 Å². The van der Waals surface area contributed by atoms with Crippen LogP contribution in [0.4, 0.5) is 5.82 Å². The fourth-order valence-electron chi connectivity index (χ4n) is 4.38. The number of methoxy groups -OCH3 is 2. The number of aromatic nitrogens is 2. The average molecular weight is 607 g/mol. The van der Waals surface area contributed by atoms with E-state index in [0.29, 0.717) is 51.2 Å². The fraction of sp³-hybridized carbons (Fsp3) is 0.258. The van der Waals surface area contributed by atoms with Gasteiger partial charge in [-0.2, -0.15) is 0 Å². The molecule has 9 nitrogen and oxygen atoms in total. The largest absolute Gasteiger partial charge is 0.493 e. The van der Waals surface area contributed by atoms with Crippen molar-refractivity contribution in [3.63, 3.8) is 0 Å². The third kappa shape index (κ3) is 7.37. The van der Waals surface area contributed by atoms with Gasteiger partial charge < -0.3 is 29.2 Å². The highest BCUT2D eigenvalue weighted by atomic mass is 35.5. The van der Waals surface area contributed by atoms with Crippen molar-refractivity contribution in [2.45, 2.75) is 23.9 Å². The van der Waals surface area contributed by atoms with E-state index in [0.717, 1.165) is 35.5 Å². The van der Waals surface area contributed by atoms with Crippen LogP contribution in [0.5, 0.6) is 23.0 Å². The molecule has 0 saturated heterocycles. The molecule has 0 aliphatic carbocycles. The maximum atomic E-state index is 12.8. The molecule has 0 saturated carbocycles. The molecule has 5 rings (SSSR count). The van der Waals surface area contributed by atoms with Gasteiger partial charge in [-0.3, -0.25) is 4.79 Å². The Kier molecular flexibility index (Phi) is 9.55. The summed E-state index contributed by atoms with van der Waals surface area (Å²) < 4.78 is 21.5. The quantitative estimate of drug-likeness (QED) is 0.122. The smallest absolute Gasteiger partial charge is 0.251 e. The zero-order valence-corrected chi connectivity index (χ0v) is 25.1. The SMILES string of the molecule is COc1ccc(CCN(C)c2cc(Cl)nc(SCc3cccc(C(=O)NCc4ccc5c(c4)OCO5)c3)n2)cc1OC. The first kappa shape index (κ1) is 29.3. The summed E-state index contributed by atoms with van der Waals surface area (Å²) in [6.45, 7) is 1.32.